The summed E-state index contributed by atoms with van der Waals surface area (Å²) in [6, 6.07) is 2.75. The first-order valence-electron chi connectivity index (χ1n) is 7.48. The molecule has 3 N–H and O–H groups in total. The lowest BCUT2D eigenvalue weighted by Crippen LogP contribution is -2.44. The Morgan fingerprint density at radius 1 is 1.30 bits per heavy atom. The number of aromatic nitrogens is 3. The monoisotopic (exact) mass is 315 g/mol. The van der Waals surface area contributed by atoms with Crippen LogP contribution in [0.4, 0.5) is 5.82 Å². The Bertz CT molecular complexity index is 667. The number of aryl methyl sites for hydroxylation is 1. The van der Waals surface area contributed by atoms with Crippen LogP contribution in [0.15, 0.2) is 30.7 Å². The molecule has 7 nitrogen and oxygen atoms in total. The second kappa shape index (κ2) is 7.53. The zero-order valence-corrected chi connectivity index (χ0v) is 13.5. The van der Waals surface area contributed by atoms with Gasteiger partial charge >= 0.3 is 0 Å². The van der Waals surface area contributed by atoms with Crippen molar-refractivity contribution in [2.24, 2.45) is 5.92 Å². The summed E-state index contributed by atoms with van der Waals surface area (Å²) in [4.78, 5) is 28.7. The highest BCUT2D eigenvalue weighted by Gasteiger charge is 2.23. The highest BCUT2D eigenvalue weighted by Crippen LogP contribution is 2.10. The number of carbonyl (C=O) groups excluding carboxylic acids is 2. The zero-order valence-electron chi connectivity index (χ0n) is 13.5. The number of pyridine rings is 1. The van der Waals surface area contributed by atoms with Gasteiger partial charge in [0.05, 0.1) is 11.8 Å². The van der Waals surface area contributed by atoms with Crippen LogP contribution < -0.4 is 10.6 Å². The van der Waals surface area contributed by atoms with Gasteiger partial charge in [-0.1, -0.05) is 13.8 Å². The number of H-pyrrole nitrogens is 1. The molecule has 0 saturated heterocycles. The first-order chi connectivity index (χ1) is 11.0. The van der Waals surface area contributed by atoms with Crippen molar-refractivity contribution >= 4 is 17.6 Å². The van der Waals surface area contributed by atoms with Gasteiger partial charge in [0.2, 0.25) is 5.91 Å². The Hall–Kier alpha value is -2.70. The Kier molecular flexibility index (Phi) is 5.46. The van der Waals surface area contributed by atoms with Crippen LogP contribution in [-0.2, 0) is 4.79 Å². The van der Waals surface area contributed by atoms with Crippen LogP contribution >= 0.6 is 0 Å². The van der Waals surface area contributed by atoms with Gasteiger partial charge in [0.15, 0.2) is 0 Å². The summed E-state index contributed by atoms with van der Waals surface area (Å²) in [6.07, 6.45) is 5.24. The maximum Gasteiger partial charge on any atom is 0.253 e. The van der Waals surface area contributed by atoms with Gasteiger partial charge in [-0.15, -0.1) is 0 Å². The molecule has 2 rings (SSSR count). The molecule has 1 atom stereocenters. The number of nitrogens with one attached hydrogen (secondary N) is 3. The molecule has 0 unspecified atom stereocenters. The Morgan fingerprint density at radius 2 is 2.09 bits per heavy atom. The third-order valence-corrected chi connectivity index (χ3v) is 3.22. The predicted octanol–water partition coefficient (Wildman–Crippen LogP) is 1.90. The van der Waals surface area contributed by atoms with Gasteiger partial charge in [0, 0.05) is 18.5 Å². The van der Waals surface area contributed by atoms with Crippen molar-refractivity contribution in [1.29, 1.82) is 0 Å². The molecule has 0 aromatic carbocycles. The molecule has 23 heavy (non-hydrogen) atoms. The van der Waals surface area contributed by atoms with Crippen LogP contribution in [0.1, 0.15) is 36.2 Å². The average molecular weight is 315 g/mol. The second-order valence-electron chi connectivity index (χ2n) is 5.87. The van der Waals surface area contributed by atoms with Crippen molar-refractivity contribution in [2.45, 2.75) is 33.2 Å². The summed E-state index contributed by atoms with van der Waals surface area (Å²) in [6.45, 7) is 5.86. The fourth-order valence-electron chi connectivity index (χ4n) is 2.17. The van der Waals surface area contributed by atoms with Crippen molar-refractivity contribution in [3.63, 3.8) is 0 Å². The van der Waals surface area contributed by atoms with Crippen LogP contribution in [0, 0.1) is 12.8 Å². The van der Waals surface area contributed by atoms with Gasteiger partial charge in [-0.25, -0.2) is 0 Å². The molecule has 0 fully saturated rings. The molecule has 0 aliphatic carbocycles. The van der Waals surface area contributed by atoms with Crippen LogP contribution in [0.5, 0.6) is 0 Å². The van der Waals surface area contributed by atoms with Gasteiger partial charge < -0.3 is 10.6 Å². The Morgan fingerprint density at radius 3 is 2.70 bits per heavy atom. The van der Waals surface area contributed by atoms with E-state index >= 15 is 0 Å². The molecule has 7 heteroatoms. The van der Waals surface area contributed by atoms with Gasteiger partial charge in [-0.2, -0.15) is 5.10 Å². The summed E-state index contributed by atoms with van der Waals surface area (Å²) in [5.74, 6) is 0.155. The smallest absolute Gasteiger partial charge is 0.253 e. The first-order valence-corrected chi connectivity index (χ1v) is 7.48. The summed E-state index contributed by atoms with van der Waals surface area (Å²) < 4.78 is 0. The lowest BCUT2D eigenvalue weighted by molar-refractivity contribution is -0.118. The molecule has 2 aromatic heterocycles. The molecule has 2 amide bonds. The molecule has 0 radical (unpaired) electrons. The summed E-state index contributed by atoms with van der Waals surface area (Å²) in [5.41, 5.74) is 1.33. The minimum atomic E-state index is -0.633. The van der Waals surface area contributed by atoms with E-state index in [1.165, 1.54) is 6.20 Å². The molecular weight excluding hydrogens is 294 g/mol. The SMILES string of the molecule is Cc1cncc(C(=O)N[C@@H](CC(C)C)C(=O)Nc2ccn[nH]2)c1. The topological polar surface area (TPSA) is 99.8 Å². The van der Waals surface area contributed by atoms with E-state index < -0.39 is 6.04 Å². The summed E-state index contributed by atoms with van der Waals surface area (Å²) in [5, 5.41) is 11.9. The van der Waals surface area contributed by atoms with E-state index in [1.807, 2.05) is 20.8 Å². The fraction of sp³-hybridized carbons (Fsp3) is 0.375. The van der Waals surface area contributed by atoms with Crippen molar-refractivity contribution in [3.05, 3.63) is 41.9 Å². The number of hydrogen-bond donors (Lipinski definition) is 3. The quantitative estimate of drug-likeness (QED) is 0.758. The maximum atomic E-state index is 12.4. The minimum absolute atomic E-state index is 0.253. The van der Waals surface area contributed by atoms with Crippen molar-refractivity contribution in [2.75, 3.05) is 5.32 Å². The number of amides is 2. The van der Waals surface area contributed by atoms with Gasteiger partial charge in [-0.3, -0.25) is 19.7 Å². The van der Waals surface area contributed by atoms with Crippen LogP contribution in [0.25, 0.3) is 0 Å². The molecule has 0 aliphatic heterocycles. The molecule has 0 saturated carbocycles. The van der Waals surface area contributed by atoms with Gasteiger partial charge in [0.25, 0.3) is 5.91 Å². The van der Waals surface area contributed by atoms with E-state index in [0.717, 1.165) is 5.56 Å². The number of hydrogen-bond acceptors (Lipinski definition) is 4. The van der Waals surface area contributed by atoms with E-state index in [0.29, 0.717) is 17.8 Å². The number of anilines is 1. The maximum absolute atomic E-state index is 12.4. The van der Waals surface area contributed by atoms with E-state index in [-0.39, 0.29) is 17.7 Å². The van der Waals surface area contributed by atoms with E-state index in [1.54, 1.807) is 24.5 Å². The normalized spacial score (nSPS) is 12.0. The van der Waals surface area contributed by atoms with E-state index in [4.69, 9.17) is 0 Å². The second-order valence-corrected chi connectivity index (χ2v) is 5.87. The van der Waals surface area contributed by atoms with E-state index in [9.17, 15) is 9.59 Å². The highest BCUT2D eigenvalue weighted by molar-refractivity contribution is 6.00. The fourth-order valence-corrected chi connectivity index (χ4v) is 2.17. The molecule has 0 aliphatic rings. The average Bonchev–Trinajstić information content (AvgIpc) is 2.99. The molecular formula is C16H21N5O2. The summed E-state index contributed by atoms with van der Waals surface area (Å²) in [7, 11) is 0. The Balaban J connectivity index is 2.08. The molecule has 0 spiro atoms. The third kappa shape index (κ3) is 4.91. The van der Waals surface area contributed by atoms with Gasteiger partial charge in [0.1, 0.15) is 11.9 Å². The number of carbonyl (C=O) groups is 2. The molecule has 2 heterocycles. The van der Waals surface area contributed by atoms with Crippen LogP contribution in [0.3, 0.4) is 0 Å². The standard InChI is InChI=1S/C16H21N5O2/c1-10(2)6-13(16(23)20-14-4-5-18-21-14)19-15(22)12-7-11(3)8-17-9-12/h4-5,7-10,13H,6H2,1-3H3,(H,19,22)(H2,18,20,21,23)/t13-/m0/s1. The molecule has 0 bridgehead atoms. The zero-order chi connectivity index (χ0) is 16.8. The van der Waals surface area contributed by atoms with E-state index in [2.05, 4.69) is 25.8 Å². The molecule has 2 aromatic rings. The lowest BCUT2D eigenvalue weighted by Gasteiger charge is -2.19. The largest absolute Gasteiger partial charge is 0.340 e. The van der Waals surface area contributed by atoms with Crippen molar-refractivity contribution in [3.8, 4) is 0 Å². The summed E-state index contributed by atoms with van der Waals surface area (Å²) >= 11 is 0. The third-order valence-electron chi connectivity index (χ3n) is 3.22. The van der Waals surface area contributed by atoms with Gasteiger partial charge in [-0.05, 0) is 30.9 Å². The highest BCUT2D eigenvalue weighted by atomic mass is 16.2. The number of rotatable bonds is 6. The van der Waals surface area contributed by atoms with Crippen molar-refractivity contribution in [1.82, 2.24) is 20.5 Å². The van der Waals surface area contributed by atoms with Crippen LogP contribution in [-0.4, -0.2) is 33.0 Å². The molecule has 122 valence electrons. The number of nitrogens with zero attached hydrogens (tertiary/aromatic N) is 2. The lowest BCUT2D eigenvalue weighted by atomic mass is 10.0. The minimum Gasteiger partial charge on any atom is -0.340 e. The van der Waals surface area contributed by atoms with Crippen LogP contribution in [0.2, 0.25) is 0 Å². The number of aromatic amines is 1. The van der Waals surface area contributed by atoms with Crippen molar-refractivity contribution < 1.29 is 9.59 Å². The Labute approximate surface area is 134 Å². The first kappa shape index (κ1) is 16.7. The predicted molar refractivity (Wildman–Crippen MR) is 86.9 cm³/mol.